The minimum atomic E-state index is -0.121. The van der Waals surface area contributed by atoms with Crippen molar-refractivity contribution in [2.24, 2.45) is 0 Å². The predicted octanol–water partition coefficient (Wildman–Crippen LogP) is 0.155. The molecule has 1 aliphatic rings. The Morgan fingerprint density at radius 3 is 3.12 bits per heavy atom. The molecule has 1 fully saturated rings. The zero-order valence-electron chi connectivity index (χ0n) is 8.94. The Morgan fingerprint density at radius 2 is 2.44 bits per heavy atom. The van der Waals surface area contributed by atoms with Gasteiger partial charge in [0.25, 0.3) is 0 Å². The zero-order valence-corrected chi connectivity index (χ0v) is 8.94. The van der Waals surface area contributed by atoms with Gasteiger partial charge in [0.2, 0.25) is 5.91 Å². The number of hydrogen-bond acceptors (Lipinski definition) is 4. The SMILES string of the molecule is O=C1NCCCC1NCc1ccc(O)cn1. The smallest absolute Gasteiger partial charge is 0.237 e. The van der Waals surface area contributed by atoms with Gasteiger partial charge in [0.1, 0.15) is 5.75 Å². The summed E-state index contributed by atoms with van der Waals surface area (Å²) in [7, 11) is 0. The molecule has 1 aliphatic heterocycles. The summed E-state index contributed by atoms with van der Waals surface area (Å²) in [5.74, 6) is 0.212. The third-order valence-corrected chi connectivity index (χ3v) is 2.62. The first-order chi connectivity index (χ1) is 7.75. The number of piperidine rings is 1. The van der Waals surface area contributed by atoms with Crippen molar-refractivity contribution in [2.45, 2.75) is 25.4 Å². The summed E-state index contributed by atoms with van der Waals surface area (Å²) < 4.78 is 0. The van der Waals surface area contributed by atoms with Crippen LogP contribution in [0.3, 0.4) is 0 Å². The van der Waals surface area contributed by atoms with Gasteiger partial charge in [-0.25, -0.2) is 0 Å². The molecule has 1 aromatic rings. The zero-order chi connectivity index (χ0) is 11.4. The van der Waals surface area contributed by atoms with E-state index in [1.54, 1.807) is 12.1 Å². The highest BCUT2D eigenvalue weighted by atomic mass is 16.3. The van der Waals surface area contributed by atoms with Crippen LogP contribution in [0.2, 0.25) is 0 Å². The van der Waals surface area contributed by atoms with Crippen molar-refractivity contribution in [1.82, 2.24) is 15.6 Å². The van der Waals surface area contributed by atoms with Gasteiger partial charge < -0.3 is 15.7 Å². The maximum absolute atomic E-state index is 11.4. The van der Waals surface area contributed by atoms with Gasteiger partial charge in [0.15, 0.2) is 0 Å². The molecule has 1 amide bonds. The van der Waals surface area contributed by atoms with Crippen LogP contribution < -0.4 is 10.6 Å². The molecule has 5 heteroatoms. The van der Waals surface area contributed by atoms with Crippen molar-refractivity contribution in [3.63, 3.8) is 0 Å². The topological polar surface area (TPSA) is 74.2 Å². The first-order valence-electron chi connectivity index (χ1n) is 5.41. The Hall–Kier alpha value is -1.62. The minimum Gasteiger partial charge on any atom is -0.506 e. The van der Waals surface area contributed by atoms with Crippen molar-refractivity contribution in [3.8, 4) is 5.75 Å². The lowest BCUT2D eigenvalue weighted by atomic mass is 10.1. The van der Waals surface area contributed by atoms with Crippen LogP contribution in [-0.4, -0.2) is 28.6 Å². The average Bonchev–Trinajstić information content (AvgIpc) is 2.30. The van der Waals surface area contributed by atoms with Crippen molar-refractivity contribution in [1.29, 1.82) is 0 Å². The van der Waals surface area contributed by atoms with Crippen LogP contribution in [0, 0.1) is 0 Å². The molecule has 0 aromatic carbocycles. The van der Waals surface area contributed by atoms with E-state index in [1.807, 2.05) is 0 Å². The van der Waals surface area contributed by atoms with E-state index in [2.05, 4.69) is 15.6 Å². The van der Waals surface area contributed by atoms with Crippen molar-refractivity contribution >= 4 is 5.91 Å². The van der Waals surface area contributed by atoms with Crippen LogP contribution in [0.15, 0.2) is 18.3 Å². The summed E-state index contributed by atoms with van der Waals surface area (Å²) >= 11 is 0. The van der Waals surface area contributed by atoms with Crippen LogP contribution in [-0.2, 0) is 11.3 Å². The quantitative estimate of drug-likeness (QED) is 0.679. The molecular formula is C11H15N3O2. The first kappa shape index (κ1) is 10.9. The second kappa shape index (κ2) is 4.94. The van der Waals surface area contributed by atoms with Gasteiger partial charge in [0.05, 0.1) is 17.9 Å². The second-order valence-electron chi connectivity index (χ2n) is 3.87. The lowest BCUT2D eigenvalue weighted by Gasteiger charge is -2.22. The molecule has 16 heavy (non-hydrogen) atoms. The number of amides is 1. The Morgan fingerprint density at radius 1 is 1.56 bits per heavy atom. The van der Waals surface area contributed by atoms with Crippen LogP contribution in [0.25, 0.3) is 0 Å². The van der Waals surface area contributed by atoms with Crippen LogP contribution in [0.1, 0.15) is 18.5 Å². The molecule has 86 valence electrons. The summed E-state index contributed by atoms with van der Waals surface area (Å²) in [4.78, 5) is 15.5. The highest BCUT2D eigenvalue weighted by molar-refractivity contribution is 5.82. The molecule has 0 bridgehead atoms. The maximum Gasteiger partial charge on any atom is 0.237 e. The third kappa shape index (κ3) is 2.70. The van der Waals surface area contributed by atoms with Gasteiger partial charge in [-0.05, 0) is 25.0 Å². The lowest BCUT2D eigenvalue weighted by Crippen LogP contribution is -2.47. The highest BCUT2D eigenvalue weighted by Gasteiger charge is 2.20. The number of carbonyl (C=O) groups is 1. The van der Waals surface area contributed by atoms with Crippen LogP contribution >= 0.6 is 0 Å². The molecule has 5 nitrogen and oxygen atoms in total. The molecule has 0 aliphatic carbocycles. The molecule has 1 unspecified atom stereocenters. The molecular weight excluding hydrogens is 206 g/mol. The second-order valence-corrected chi connectivity index (χ2v) is 3.87. The molecule has 1 saturated heterocycles. The maximum atomic E-state index is 11.4. The fourth-order valence-electron chi connectivity index (χ4n) is 1.72. The number of hydrogen-bond donors (Lipinski definition) is 3. The first-order valence-corrected chi connectivity index (χ1v) is 5.41. The predicted molar refractivity (Wildman–Crippen MR) is 58.8 cm³/mol. The standard InChI is InChI=1S/C11H15N3O2/c15-9-4-3-8(13-7-9)6-14-10-2-1-5-12-11(10)16/h3-4,7,10,14-15H,1-2,5-6H2,(H,12,16). The van der Waals surface area contributed by atoms with E-state index < -0.39 is 0 Å². The number of nitrogens with one attached hydrogen (secondary N) is 2. The van der Waals surface area contributed by atoms with Gasteiger partial charge in [-0.15, -0.1) is 0 Å². The fourth-order valence-corrected chi connectivity index (χ4v) is 1.72. The molecule has 1 aromatic heterocycles. The van der Waals surface area contributed by atoms with E-state index >= 15 is 0 Å². The average molecular weight is 221 g/mol. The van der Waals surface area contributed by atoms with Gasteiger partial charge in [0, 0.05) is 13.1 Å². The fraction of sp³-hybridized carbons (Fsp3) is 0.455. The summed E-state index contributed by atoms with van der Waals surface area (Å²) in [6, 6.07) is 3.21. The summed E-state index contributed by atoms with van der Waals surface area (Å²) in [6.45, 7) is 1.31. The van der Waals surface area contributed by atoms with E-state index in [1.165, 1.54) is 6.20 Å². The molecule has 1 atom stereocenters. The molecule has 2 heterocycles. The Balaban J connectivity index is 1.86. The van der Waals surface area contributed by atoms with Crippen molar-refractivity contribution < 1.29 is 9.90 Å². The number of pyridine rings is 1. The number of nitrogens with zero attached hydrogens (tertiary/aromatic N) is 1. The monoisotopic (exact) mass is 221 g/mol. The van der Waals surface area contributed by atoms with Crippen molar-refractivity contribution in [2.75, 3.05) is 6.54 Å². The van der Waals surface area contributed by atoms with Gasteiger partial charge in [-0.3, -0.25) is 9.78 Å². The molecule has 0 saturated carbocycles. The minimum absolute atomic E-state index is 0.0602. The van der Waals surface area contributed by atoms with Crippen LogP contribution in [0.4, 0.5) is 0 Å². The summed E-state index contributed by atoms with van der Waals surface area (Å²) in [6.07, 6.45) is 3.27. The van der Waals surface area contributed by atoms with E-state index in [0.29, 0.717) is 6.54 Å². The summed E-state index contributed by atoms with van der Waals surface area (Å²) in [5.41, 5.74) is 0.816. The lowest BCUT2D eigenvalue weighted by molar-refractivity contribution is -0.124. The van der Waals surface area contributed by atoms with Crippen LogP contribution in [0.5, 0.6) is 5.75 Å². The van der Waals surface area contributed by atoms with Gasteiger partial charge >= 0.3 is 0 Å². The van der Waals surface area contributed by atoms with E-state index in [-0.39, 0.29) is 17.7 Å². The molecule has 3 N–H and O–H groups in total. The largest absolute Gasteiger partial charge is 0.506 e. The molecule has 0 spiro atoms. The Kier molecular flexibility index (Phi) is 3.36. The highest BCUT2D eigenvalue weighted by Crippen LogP contribution is 2.07. The van der Waals surface area contributed by atoms with E-state index in [9.17, 15) is 4.79 Å². The number of rotatable bonds is 3. The molecule has 0 radical (unpaired) electrons. The van der Waals surface area contributed by atoms with Gasteiger partial charge in [-0.2, -0.15) is 0 Å². The number of carbonyl (C=O) groups excluding carboxylic acids is 1. The van der Waals surface area contributed by atoms with Gasteiger partial charge in [-0.1, -0.05) is 0 Å². The van der Waals surface area contributed by atoms with E-state index in [4.69, 9.17) is 5.11 Å². The molecule has 2 rings (SSSR count). The van der Waals surface area contributed by atoms with Crippen molar-refractivity contribution in [3.05, 3.63) is 24.0 Å². The Labute approximate surface area is 93.9 Å². The van der Waals surface area contributed by atoms with E-state index in [0.717, 1.165) is 25.1 Å². The Bertz CT molecular complexity index is 364. The number of aromatic nitrogens is 1. The number of aromatic hydroxyl groups is 1. The summed E-state index contributed by atoms with van der Waals surface area (Å²) in [5, 5.41) is 15.0. The normalized spacial score (nSPS) is 20.5. The third-order valence-electron chi connectivity index (χ3n) is 2.62.